The predicted octanol–water partition coefficient (Wildman–Crippen LogP) is 2.33. The number of methoxy groups -OCH3 is 1. The van der Waals surface area contributed by atoms with Crippen LogP contribution < -0.4 is 10.6 Å². The second kappa shape index (κ2) is 8.94. The van der Waals surface area contributed by atoms with E-state index in [-0.39, 0.29) is 6.03 Å². The lowest BCUT2D eigenvalue weighted by Gasteiger charge is -2.07. The quantitative estimate of drug-likeness (QED) is 0.759. The summed E-state index contributed by atoms with van der Waals surface area (Å²) in [5, 5.41) is 5.60. The summed E-state index contributed by atoms with van der Waals surface area (Å²) >= 11 is 3.42. The van der Waals surface area contributed by atoms with Crippen LogP contribution in [0.1, 0.15) is 12.0 Å². The van der Waals surface area contributed by atoms with Crippen LogP contribution in [0, 0.1) is 0 Å². The Morgan fingerprint density at radius 1 is 1.33 bits per heavy atom. The van der Waals surface area contributed by atoms with Crippen molar-refractivity contribution in [3.8, 4) is 0 Å². The van der Waals surface area contributed by atoms with Crippen LogP contribution in [0.2, 0.25) is 0 Å². The van der Waals surface area contributed by atoms with Gasteiger partial charge in [-0.2, -0.15) is 0 Å². The van der Waals surface area contributed by atoms with E-state index in [1.54, 1.807) is 7.11 Å². The van der Waals surface area contributed by atoms with Crippen LogP contribution in [0.3, 0.4) is 0 Å². The Hall–Kier alpha value is -1.07. The Morgan fingerprint density at radius 3 is 2.83 bits per heavy atom. The van der Waals surface area contributed by atoms with Crippen LogP contribution in [0.25, 0.3) is 0 Å². The fourth-order valence-electron chi connectivity index (χ4n) is 1.49. The number of urea groups is 1. The minimum absolute atomic E-state index is 0.124. The van der Waals surface area contributed by atoms with Crippen molar-refractivity contribution in [2.24, 2.45) is 0 Å². The van der Waals surface area contributed by atoms with Crippen molar-refractivity contribution in [2.45, 2.75) is 12.8 Å². The molecule has 2 N–H and O–H groups in total. The third-order valence-corrected chi connectivity index (χ3v) is 2.89. The van der Waals surface area contributed by atoms with Crippen LogP contribution in [0.5, 0.6) is 0 Å². The molecule has 0 saturated carbocycles. The van der Waals surface area contributed by atoms with E-state index < -0.39 is 0 Å². The van der Waals surface area contributed by atoms with Crippen LogP contribution in [-0.4, -0.2) is 32.8 Å². The molecule has 0 aliphatic heterocycles. The second-order valence-corrected chi connectivity index (χ2v) is 4.82. The van der Waals surface area contributed by atoms with Crippen LogP contribution >= 0.6 is 15.9 Å². The van der Waals surface area contributed by atoms with E-state index >= 15 is 0 Å². The molecule has 4 nitrogen and oxygen atoms in total. The molecule has 1 aromatic rings. The number of carbonyl (C=O) groups excluding carboxylic acids is 1. The third-order valence-electron chi connectivity index (χ3n) is 2.40. The maximum atomic E-state index is 11.4. The molecule has 0 aliphatic carbocycles. The summed E-state index contributed by atoms with van der Waals surface area (Å²) in [6.07, 6.45) is 1.65. The number of benzene rings is 1. The van der Waals surface area contributed by atoms with Gasteiger partial charge in [0.25, 0.3) is 0 Å². The Morgan fingerprint density at radius 2 is 2.11 bits per heavy atom. The highest BCUT2D eigenvalue weighted by Gasteiger charge is 1.99. The van der Waals surface area contributed by atoms with Gasteiger partial charge in [-0.1, -0.05) is 28.1 Å². The largest absolute Gasteiger partial charge is 0.385 e. The highest BCUT2D eigenvalue weighted by Crippen LogP contribution is 2.11. The minimum Gasteiger partial charge on any atom is -0.385 e. The smallest absolute Gasteiger partial charge is 0.314 e. The summed E-state index contributed by atoms with van der Waals surface area (Å²) in [6, 6.07) is 7.95. The Bertz CT molecular complexity index is 372. The van der Waals surface area contributed by atoms with Gasteiger partial charge in [0.15, 0.2) is 0 Å². The minimum atomic E-state index is -0.124. The van der Waals surface area contributed by atoms with Crippen molar-refractivity contribution in [3.05, 3.63) is 34.3 Å². The van der Waals surface area contributed by atoms with Gasteiger partial charge >= 0.3 is 6.03 Å². The summed E-state index contributed by atoms with van der Waals surface area (Å²) in [5.74, 6) is 0. The van der Waals surface area contributed by atoms with E-state index in [1.165, 1.54) is 5.56 Å². The standard InChI is InChI=1S/C13H19BrN2O2/c1-18-9-3-7-15-13(17)16-8-6-11-4-2-5-12(14)10-11/h2,4-5,10H,3,6-9H2,1H3,(H2,15,16,17). The maximum Gasteiger partial charge on any atom is 0.314 e. The Kier molecular flexibility index (Phi) is 7.44. The molecule has 1 aromatic carbocycles. The summed E-state index contributed by atoms with van der Waals surface area (Å²) in [5.41, 5.74) is 1.20. The Labute approximate surface area is 116 Å². The fraction of sp³-hybridized carbons (Fsp3) is 0.462. The summed E-state index contributed by atoms with van der Waals surface area (Å²) in [4.78, 5) is 11.4. The first kappa shape index (κ1) is 15.0. The van der Waals surface area contributed by atoms with Crippen LogP contribution in [-0.2, 0) is 11.2 Å². The van der Waals surface area contributed by atoms with Gasteiger partial charge in [0, 0.05) is 31.3 Å². The number of hydrogen-bond acceptors (Lipinski definition) is 2. The van der Waals surface area contributed by atoms with Crippen LogP contribution in [0.15, 0.2) is 28.7 Å². The van der Waals surface area contributed by atoms with E-state index in [9.17, 15) is 4.79 Å². The zero-order valence-corrected chi connectivity index (χ0v) is 12.1. The van der Waals surface area contributed by atoms with Crippen molar-refractivity contribution in [1.29, 1.82) is 0 Å². The molecule has 0 radical (unpaired) electrons. The molecule has 18 heavy (non-hydrogen) atoms. The number of ether oxygens (including phenoxy) is 1. The van der Waals surface area contributed by atoms with E-state index in [0.29, 0.717) is 19.7 Å². The van der Waals surface area contributed by atoms with Crippen molar-refractivity contribution >= 4 is 22.0 Å². The number of amides is 2. The van der Waals surface area contributed by atoms with Gasteiger partial charge in [-0.15, -0.1) is 0 Å². The molecule has 0 saturated heterocycles. The Balaban J connectivity index is 2.12. The van der Waals surface area contributed by atoms with Gasteiger partial charge < -0.3 is 15.4 Å². The predicted molar refractivity (Wildman–Crippen MR) is 75.7 cm³/mol. The van der Waals surface area contributed by atoms with Crippen molar-refractivity contribution in [1.82, 2.24) is 10.6 Å². The molecule has 100 valence electrons. The first-order valence-corrected chi connectivity index (χ1v) is 6.77. The lowest BCUT2D eigenvalue weighted by atomic mass is 10.1. The van der Waals surface area contributed by atoms with Gasteiger partial charge in [0.05, 0.1) is 0 Å². The summed E-state index contributed by atoms with van der Waals surface area (Å²) in [7, 11) is 1.65. The first-order valence-electron chi connectivity index (χ1n) is 5.97. The topological polar surface area (TPSA) is 50.4 Å². The van der Waals surface area contributed by atoms with Crippen molar-refractivity contribution < 1.29 is 9.53 Å². The maximum absolute atomic E-state index is 11.4. The third kappa shape index (κ3) is 6.61. The zero-order chi connectivity index (χ0) is 13.2. The molecule has 2 amide bonds. The van der Waals surface area contributed by atoms with Gasteiger partial charge in [-0.3, -0.25) is 0 Å². The normalized spacial score (nSPS) is 10.1. The van der Waals surface area contributed by atoms with Gasteiger partial charge in [-0.25, -0.2) is 4.79 Å². The van der Waals surface area contributed by atoms with E-state index in [1.807, 2.05) is 18.2 Å². The van der Waals surface area contributed by atoms with Gasteiger partial charge in [0.1, 0.15) is 0 Å². The number of rotatable bonds is 7. The molecule has 0 atom stereocenters. The molecular weight excluding hydrogens is 296 g/mol. The monoisotopic (exact) mass is 314 g/mol. The number of carbonyl (C=O) groups is 1. The molecule has 0 fully saturated rings. The summed E-state index contributed by atoms with van der Waals surface area (Å²) < 4.78 is 5.96. The molecule has 0 aliphatic rings. The lowest BCUT2D eigenvalue weighted by Crippen LogP contribution is -2.37. The lowest BCUT2D eigenvalue weighted by molar-refractivity contribution is 0.193. The molecular formula is C13H19BrN2O2. The SMILES string of the molecule is COCCCNC(=O)NCCc1cccc(Br)c1. The molecule has 0 heterocycles. The van der Waals surface area contributed by atoms with Crippen molar-refractivity contribution in [3.63, 3.8) is 0 Å². The summed E-state index contributed by atoms with van der Waals surface area (Å²) in [6.45, 7) is 1.93. The van der Waals surface area contributed by atoms with E-state index in [0.717, 1.165) is 17.3 Å². The fourth-order valence-corrected chi connectivity index (χ4v) is 1.94. The molecule has 0 bridgehead atoms. The first-order chi connectivity index (χ1) is 8.72. The van der Waals surface area contributed by atoms with Crippen molar-refractivity contribution in [2.75, 3.05) is 26.8 Å². The molecule has 0 unspecified atom stereocenters. The number of nitrogens with one attached hydrogen (secondary N) is 2. The van der Waals surface area contributed by atoms with Gasteiger partial charge in [-0.05, 0) is 30.5 Å². The molecule has 0 spiro atoms. The molecule has 0 aromatic heterocycles. The van der Waals surface area contributed by atoms with E-state index in [4.69, 9.17) is 4.74 Å². The van der Waals surface area contributed by atoms with Crippen LogP contribution in [0.4, 0.5) is 4.79 Å². The number of hydrogen-bond donors (Lipinski definition) is 2. The molecule has 1 rings (SSSR count). The average molecular weight is 315 g/mol. The second-order valence-electron chi connectivity index (χ2n) is 3.91. The average Bonchev–Trinajstić information content (AvgIpc) is 2.35. The van der Waals surface area contributed by atoms with E-state index in [2.05, 4.69) is 32.6 Å². The molecule has 5 heteroatoms. The highest BCUT2D eigenvalue weighted by atomic mass is 79.9. The zero-order valence-electron chi connectivity index (χ0n) is 10.5. The highest BCUT2D eigenvalue weighted by molar-refractivity contribution is 9.10. The number of halogens is 1. The van der Waals surface area contributed by atoms with Gasteiger partial charge in [0.2, 0.25) is 0 Å².